The van der Waals surface area contributed by atoms with E-state index in [0.29, 0.717) is 17.0 Å². The minimum absolute atomic E-state index is 0.0500. The fourth-order valence-electron chi connectivity index (χ4n) is 2.74. The third kappa shape index (κ3) is 3.18. The molecular weight excluding hydrogens is 257 g/mol. The number of aliphatic hydroxyl groups is 1. The van der Waals surface area contributed by atoms with Crippen LogP contribution in [0.5, 0.6) is 0 Å². The zero-order valence-electron chi connectivity index (χ0n) is 12.1. The van der Waals surface area contributed by atoms with Crippen molar-refractivity contribution in [3.63, 3.8) is 0 Å². The van der Waals surface area contributed by atoms with Gasteiger partial charge in [-0.1, -0.05) is 6.92 Å². The van der Waals surface area contributed by atoms with Crippen LogP contribution in [0, 0.1) is 18.7 Å². The van der Waals surface area contributed by atoms with Gasteiger partial charge in [0.1, 0.15) is 5.82 Å². The maximum Gasteiger partial charge on any atom is 0.251 e. The fraction of sp³-hybridized carbons (Fsp3) is 0.562. The summed E-state index contributed by atoms with van der Waals surface area (Å²) in [5.74, 6) is 0.0845. The quantitative estimate of drug-likeness (QED) is 0.894. The molecule has 3 nitrogen and oxygen atoms in total. The van der Waals surface area contributed by atoms with Crippen molar-refractivity contribution in [2.75, 3.05) is 6.61 Å². The summed E-state index contributed by atoms with van der Waals surface area (Å²) in [5.41, 5.74) is 0.370. The van der Waals surface area contributed by atoms with Crippen LogP contribution in [0.3, 0.4) is 0 Å². The molecule has 0 atom stereocenters. The van der Waals surface area contributed by atoms with Crippen LogP contribution in [0.15, 0.2) is 18.2 Å². The molecule has 0 aliphatic heterocycles. The third-order valence-electron chi connectivity index (χ3n) is 4.33. The molecule has 0 unspecified atom stereocenters. The second-order valence-corrected chi connectivity index (χ2v) is 6.04. The van der Waals surface area contributed by atoms with Gasteiger partial charge in [0, 0.05) is 5.56 Å². The van der Waals surface area contributed by atoms with Crippen molar-refractivity contribution < 1.29 is 14.3 Å². The first kappa shape index (κ1) is 15.0. The van der Waals surface area contributed by atoms with Crippen LogP contribution >= 0.6 is 0 Å². The molecule has 1 fully saturated rings. The second kappa shape index (κ2) is 5.92. The molecule has 2 rings (SSSR count). The predicted molar refractivity (Wildman–Crippen MR) is 76.1 cm³/mol. The van der Waals surface area contributed by atoms with Gasteiger partial charge in [0.2, 0.25) is 0 Å². The average molecular weight is 279 g/mol. The van der Waals surface area contributed by atoms with Gasteiger partial charge < -0.3 is 10.4 Å². The van der Waals surface area contributed by atoms with Crippen molar-refractivity contribution in [1.82, 2.24) is 5.32 Å². The van der Waals surface area contributed by atoms with Crippen LogP contribution in [0.2, 0.25) is 0 Å². The lowest BCUT2D eigenvalue weighted by molar-refractivity contribution is 0.0717. The zero-order valence-corrected chi connectivity index (χ0v) is 12.1. The summed E-state index contributed by atoms with van der Waals surface area (Å²) < 4.78 is 13.2. The van der Waals surface area contributed by atoms with Crippen LogP contribution < -0.4 is 5.32 Å². The minimum atomic E-state index is -0.522. The second-order valence-electron chi connectivity index (χ2n) is 6.04. The highest BCUT2D eigenvalue weighted by Gasteiger charge is 2.35. The molecule has 0 radical (unpaired) electrons. The summed E-state index contributed by atoms with van der Waals surface area (Å²) in [6, 6.07) is 4.33. The number of carbonyl (C=O) groups excluding carboxylic acids is 1. The van der Waals surface area contributed by atoms with E-state index >= 15 is 0 Å². The predicted octanol–water partition coefficient (Wildman–Crippen LogP) is 2.81. The van der Waals surface area contributed by atoms with Crippen molar-refractivity contribution >= 4 is 5.91 Å². The van der Waals surface area contributed by atoms with Crippen LogP contribution in [0.25, 0.3) is 0 Å². The van der Waals surface area contributed by atoms with E-state index < -0.39 is 5.54 Å². The summed E-state index contributed by atoms with van der Waals surface area (Å²) in [6.45, 7) is 3.77. The number of carbonyl (C=O) groups is 1. The van der Waals surface area contributed by atoms with E-state index in [9.17, 15) is 14.3 Å². The highest BCUT2D eigenvalue weighted by molar-refractivity contribution is 5.94. The fourth-order valence-corrected chi connectivity index (χ4v) is 2.74. The molecule has 0 spiro atoms. The highest BCUT2D eigenvalue weighted by atomic mass is 19.1. The maximum absolute atomic E-state index is 13.2. The molecular formula is C16H22FNO2. The van der Waals surface area contributed by atoms with Crippen molar-refractivity contribution in [3.8, 4) is 0 Å². The number of hydrogen-bond donors (Lipinski definition) is 2. The summed E-state index contributed by atoms with van der Waals surface area (Å²) in [6.07, 6.45) is 3.58. The molecule has 20 heavy (non-hydrogen) atoms. The lowest BCUT2D eigenvalue weighted by atomic mass is 9.77. The van der Waals surface area contributed by atoms with Crippen LogP contribution in [-0.4, -0.2) is 23.2 Å². The molecule has 110 valence electrons. The number of amides is 1. The Hall–Kier alpha value is -1.42. The van der Waals surface area contributed by atoms with Crippen molar-refractivity contribution in [3.05, 3.63) is 35.1 Å². The number of rotatable bonds is 3. The van der Waals surface area contributed by atoms with Gasteiger partial charge in [-0.2, -0.15) is 0 Å². The largest absolute Gasteiger partial charge is 0.394 e. The molecule has 0 saturated heterocycles. The zero-order chi connectivity index (χ0) is 14.8. The average Bonchev–Trinajstić information content (AvgIpc) is 2.44. The Labute approximate surface area is 119 Å². The number of aryl methyl sites for hydroxylation is 1. The van der Waals surface area contributed by atoms with E-state index in [2.05, 4.69) is 12.2 Å². The number of benzene rings is 1. The monoisotopic (exact) mass is 279 g/mol. The van der Waals surface area contributed by atoms with Crippen LogP contribution in [-0.2, 0) is 0 Å². The third-order valence-corrected chi connectivity index (χ3v) is 4.33. The first-order chi connectivity index (χ1) is 9.46. The van der Waals surface area contributed by atoms with Gasteiger partial charge in [0.05, 0.1) is 12.1 Å². The van der Waals surface area contributed by atoms with Gasteiger partial charge in [0.25, 0.3) is 5.91 Å². The van der Waals surface area contributed by atoms with Gasteiger partial charge in [-0.3, -0.25) is 4.79 Å². The molecule has 1 aliphatic rings. The summed E-state index contributed by atoms with van der Waals surface area (Å²) in [4.78, 5) is 12.3. The molecule has 2 N–H and O–H groups in total. The summed E-state index contributed by atoms with van der Waals surface area (Å²) >= 11 is 0. The Morgan fingerprint density at radius 1 is 1.45 bits per heavy atom. The SMILES string of the molecule is Cc1cc(C(=O)NC2(CO)CCC(C)CC2)ccc1F. The molecule has 1 aromatic carbocycles. The van der Waals surface area contributed by atoms with E-state index in [0.717, 1.165) is 25.7 Å². The molecule has 1 amide bonds. The Balaban J connectivity index is 2.11. The maximum atomic E-state index is 13.2. The standard InChI is InChI=1S/C16H22FNO2/c1-11-5-7-16(10-19,8-6-11)18-15(20)13-3-4-14(17)12(2)9-13/h3-4,9,11,19H,5-8,10H2,1-2H3,(H,18,20). The van der Waals surface area contributed by atoms with E-state index in [1.54, 1.807) is 13.0 Å². The minimum Gasteiger partial charge on any atom is -0.394 e. The highest BCUT2D eigenvalue weighted by Crippen LogP contribution is 2.31. The Morgan fingerprint density at radius 3 is 2.65 bits per heavy atom. The molecule has 0 heterocycles. The normalized spacial score (nSPS) is 26.3. The topological polar surface area (TPSA) is 49.3 Å². The summed E-state index contributed by atoms with van der Waals surface area (Å²) in [5, 5.41) is 12.6. The lowest BCUT2D eigenvalue weighted by Crippen LogP contribution is -2.53. The smallest absolute Gasteiger partial charge is 0.251 e. The van der Waals surface area contributed by atoms with E-state index in [4.69, 9.17) is 0 Å². The van der Waals surface area contributed by atoms with Gasteiger partial charge in [-0.15, -0.1) is 0 Å². The molecule has 1 saturated carbocycles. The molecule has 1 aromatic rings. The first-order valence-electron chi connectivity index (χ1n) is 7.15. The number of nitrogens with one attached hydrogen (secondary N) is 1. The Kier molecular flexibility index (Phi) is 4.43. The lowest BCUT2D eigenvalue weighted by Gasteiger charge is -2.38. The number of hydrogen-bond acceptors (Lipinski definition) is 2. The van der Waals surface area contributed by atoms with Gasteiger partial charge in [-0.25, -0.2) is 4.39 Å². The molecule has 4 heteroatoms. The Morgan fingerprint density at radius 2 is 2.10 bits per heavy atom. The molecule has 1 aliphatic carbocycles. The van der Waals surface area contributed by atoms with Crippen molar-refractivity contribution in [2.24, 2.45) is 5.92 Å². The van der Waals surface area contributed by atoms with Crippen molar-refractivity contribution in [1.29, 1.82) is 0 Å². The number of halogens is 1. The van der Waals surface area contributed by atoms with E-state index in [1.165, 1.54) is 12.1 Å². The van der Waals surface area contributed by atoms with E-state index in [1.807, 2.05) is 0 Å². The van der Waals surface area contributed by atoms with Gasteiger partial charge >= 0.3 is 0 Å². The molecule has 0 aromatic heterocycles. The first-order valence-corrected chi connectivity index (χ1v) is 7.15. The molecule has 0 bridgehead atoms. The van der Waals surface area contributed by atoms with Crippen LogP contribution in [0.4, 0.5) is 4.39 Å². The van der Waals surface area contributed by atoms with Gasteiger partial charge in [-0.05, 0) is 62.3 Å². The van der Waals surface area contributed by atoms with Crippen LogP contribution in [0.1, 0.15) is 48.5 Å². The Bertz CT molecular complexity index is 493. The van der Waals surface area contributed by atoms with Crippen molar-refractivity contribution in [2.45, 2.75) is 45.1 Å². The summed E-state index contributed by atoms with van der Waals surface area (Å²) in [7, 11) is 0. The van der Waals surface area contributed by atoms with E-state index in [-0.39, 0.29) is 18.3 Å². The van der Waals surface area contributed by atoms with Gasteiger partial charge in [0.15, 0.2) is 0 Å². The number of aliphatic hydroxyl groups excluding tert-OH is 1.